The van der Waals surface area contributed by atoms with E-state index in [0.29, 0.717) is 11.4 Å². The summed E-state index contributed by atoms with van der Waals surface area (Å²) in [6, 6.07) is 0. The van der Waals surface area contributed by atoms with E-state index in [1.54, 1.807) is 0 Å². The van der Waals surface area contributed by atoms with Gasteiger partial charge in [0.05, 0.1) is 0 Å². The van der Waals surface area contributed by atoms with E-state index in [2.05, 4.69) is 9.80 Å². The van der Waals surface area contributed by atoms with Crippen LogP contribution in [-0.2, 0) is 4.79 Å². The van der Waals surface area contributed by atoms with Crippen molar-refractivity contribution in [3.63, 3.8) is 0 Å². The lowest BCUT2D eigenvalue weighted by Gasteiger charge is -2.51. The minimum atomic E-state index is 0.155. The van der Waals surface area contributed by atoms with Gasteiger partial charge in [0, 0.05) is 37.6 Å². The molecule has 1 amide bonds. The SMILES string of the molecule is CC(C)C(=O)N1CC[C@]2(CCN2CC2CC2)C1. The van der Waals surface area contributed by atoms with Gasteiger partial charge in [-0.2, -0.15) is 0 Å². The van der Waals surface area contributed by atoms with E-state index in [1.807, 2.05) is 13.8 Å². The van der Waals surface area contributed by atoms with E-state index in [1.165, 1.54) is 38.8 Å². The number of amides is 1. The lowest BCUT2D eigenvalue weighted by Crippen LogP contribution is -2.61. The van der Waals surface area contributed by atoms with E-state index in [0.717, 1.165) is 19.0 Å². The summed E-state index contributed by atoms with van der Waals surface area (Å²) >= 11 is 0. The number of carbonyl (C=O) groups excluding carboxylic acids is 1. The lowest BCUT2D eigenvalue weighted by molar-refractivity contribution is -0.134. The molecule has 3 fully saturated rings. The molecule has 0 unspecified atom stereocenters. The maximum atomic E-state index is 12.0. The van der Waals surface area contributed by atoms with Gasteiger partial charge in [0.2, 0.25) is 5.91 Å². The highest BCUT2D eigenvalue weighted by Gasteiger charge is 2.51. The molecule has 17 heavy (non-hydrogen) atoms. The molecule has 3 nitrogen and oxygen atoms in total. The minimum Gasteiger partial charge on any atom is -0.341 e. The predicted molar refractivity (Wildman–Crippen MR) is 67.7 cm³/mol. The Bertz CT molecular complexity index is 324. The first-order chi connectivity index (χ1) is 8.11. The normalized spacial score (nSPS) is 33.5. The smallest absolute Gasteiger partial charge is 0.225 e. The Morgan fingerprint density at radius 3 is 2.53 bits per heavy atom. The molecule has 3 rings (SSSR count). The molecule has 0 N–H and O–H groups in total. The second-order valence-corrected chi connectivity index (χ2v) is 6.53. The Kier molecular flexibility index (Phi) is 2.69. The van der Waals surface area contributed by atoms with Crippen molar-refractivity contribution in [3.05, 3.63) is 0 Å². The predicted octanol–water partition coefficient (Wildman–Crippen LogP) is 1.73. The minimum absolute atomic E-state index is 0.155. The zero-order valence-corrected chi connectivity index (χ0v) is 11.1. The van der Waals surface area contributed by atoms with Crippen molar-refractivity contribution in [1.82, 2.24) is 9.80 Å². The summed E-state index contributed by atoms with van der Waals surface area (Å²) in [6.45, 7) is 8.56. The second-order valence-electron chi connectivity index (χ2n) is 6.53. The summed E-state index contributed by atoms with van der Waals surface area (Å²) in [7, 11) is 0. The first-order valence-corrected chi connectivity index (χ1v) is 7.15. The van der Waals surface area contributed by atoms with Gasteiger partial charge < -0.3 is 4.90 Å². The van der Waals surface area contributed by atoms with Crippen molar-refractivity contribution in [3.8, 4) is 0 Å². The number of carbonyl (C=O) groups is 1. The molecule has 3 aliphatic rings. The van der Waals surface area contributed by atoms with Crippen molar-refractivity contribution in [2.45, 2.75) is 45.1 Å². The van der Waals surface area contributed by atoms with Crippen LogP contribution < -0.4 is 0 Å². The number of nitrogens with zero attached hydrogens (tertiary/aromatic N) is 2. The molecule has 1 spiro atoms. The number of hydrogen-bond acceptors (Lipinski definition) is 2. The molecule has 0 bridgehead atoms. The van der Waals surface area contributed by atoms with Crippen molar-refractivity contribution in [1.29, 1.82) is 0 Å². The third-order valence-corrected chi connectivity index (χ3v) is 4.83. The molecule has 96 valence electrons. The third-order valence-electron chi connectivity index (χ3n) is 4.83. The Morgan fingerprint density at radius 1 is 1.29 bits per heavy atom. The maximum absolute atomic E-state index is 12.0. The van der Waals surface area contributed by atoms with Crippen molar-refractivity contribution >= 4 is 5.91 Å². The van der Waals surface area contributed by atoms with Gasteiger partial charge in [-0.3, -0.25) is 9.69 Å². The van der Waals surface area contributed by atoms with Crippen molar-refractivity contribution in [2.24, 2.45) is 11.8 Å². The molecule has 0 radical (unpaired) electrons. The topological polar surface area (TPSA) is 23.6 Å². The van der Waals surface area contributed by atoms with Crippen LogP contribution in [0.2, 0.25) is 0 Å². The summed E-state index contributed by atoms with van der Waals surface area (Å²) in [6.07, 6.45) is 5.38. The van der Waals surface area contributed by atoms with Crippen LogP contribution in [0.1, 0.15) is 39.5 Å². The van der Waals surface area contributed by atoms with E-state index >= 15 is 0 Å². The summed E-state index contributed by atoms with van der Waals surface area (Å²) in [5.41, 5.74) is 0.382. The van der Waals surface area contributed by atoms with Crippen molar-refractivity contribution in [2.75, 3.05) is 26.2 Å². The first-order valence-electron chi connectivity index (χ1n) is 7.15. The molecular formula is C14H24N2O. The Morgan fingerprint density at radius 2 is 2.00 bits per heavy atom. The van der Waals surface area contributed by atoms with Gasteiger partial charge in [-0.25, -0.2) is 0 Å². The molecule has 2 aliphatic heterocycles. The van der Waals surface area contributed by atoms with Crippen LogP contribution in [0.5, 0.6) is 0 Å². The monoisotopic (exact) mass is 236 g/mol. The molecule has 2 heterocycles. The van der Waals surface area contributed by atoms with Crippen molar-refractivity contribution < 1.29 is 4.79 Å². The van der Waals surface area contributed by atoms with E-state index in [4.69, 9.17) is 0 Å². The number of rotatable bonds is 3. The molecule has 3 heteroatoms. The van der Waals surface area contributed by atoms with E-state index in [-0.39, 0.29) is 5.92 Å². The van der Waals surface area contributed by atoms with Gasteiger partial charge in [-0.1, -0.05) is 13.8 Å². The zero-order valence-electron chi connectivity index (χ0n) is 11.1. The standard InChI is InChI=1S/C14H24N2O/c1-11(2)13(17)15-7-5-14(10-15)6-8-16(14)9-12-3-4-12/h11-12H,3-10H2,1-2H3/t14-/m0/s1. The zero-order chi connectivity index (χ0) is 12.0. The molecule has 0 aromatic carbocycles. The lowest BCUT2D eigenvalue weighted by atomic mass is 9.83. The molecule has 2 saturated heterocycles. The highest BCUT2D eigenvalue weighted by atomic mass is 16.2. The van der Waals surface area contributed by atoms with Crippen LogP contribution in [-0.4, -0.2) is 47.4 Å². The highest BCUT2D eigenvalue weighted by Crippen LogP contribution is 2.42. The number of likely N-dealkylation sites (tertiary alicyclic amines) is 2. The van der Waals surface area contributed by atoms with E-state index in [9.17, 15) is 4.79 Å². The van der Waals surface area contributed by atoms with Crippen LogP contribution in [0, 0.1) is 11.8 Å². The molecule has 0 aromatic rings. The molecule has 0 aromatic heterocycles. The third kappa shape index (κ3) is 1.99. The Balaban J connectivity index is 1.60. The van der Waals surface area contributed by atoms with Crippen LogP contribution >= 0.6 is 0 Å². The molecule has 1 atom stereocenters. The molecular weight excluding hydrogens is 212 g/mol. The van der Waals surface area contributed by atoms with Crippen LogP contribution in [0.15, 0.2) is 0 Å². The summed E-state index contributed by atoms with van der Waals surface area (Å²) in [4.78, 5) is 16.8. The van der Waals surface area contributed by atoms with Gasteiger partial charge >= 0.3 is 0 Å². The Hall–Kier alpha value is -0.570. The van der Waals surface area contributed by atoms with Gasteiger partial charge in [-0.15, -0.1) is 0 Å². The molecule has 1 aliphatic carbocycles. The first kappa shape index (κ1) is 11.5. The largest absolute Gasteiger partial charge is 0.341 e. The summed E-state index contributed by atoms with van der Waals surface area (Å²) < 4.78 is 0. The van der Waals surface area contributed by atoms with Gasteiger partial charge in [0.1, 0.15) is 0 Å². The quantitative estimate of drug-likeness (QED) is 0.745. The van der Waals surface area contributed by atoms with E-state index < -0.39 is 0 Å². The Labute approximate surface area is 104 Å². The van der Waals surface area contributed by atoms with Crippen LogP contribution in [0.3, 0.4) is 0 Å². The summed E-state index contributed by atoms with van der Waals surface area (Å²) in [5.74, 6) is 1.48. The van der Waals surface area contributed by atoms with Gasteiger partial charge in [0.25, 0.3) is 0 Å². The fourth-order valence-electron chi connectivity index (χ4n) is 3.36. The van der Waals surface area contributed by atoms with Crippen LogP contribution in [0.25, 0.3) is 0 Å². The van der Waals surface area contributed by atoms with Gasteiger partial charge in [0.15, 0.2) is 0 Å². The number of hydrogen-bond donors (Lipinski definition) is 0. The average molecular weight is 236 g/mol. The second kappa shape index (κ2) is 3.98. The fraction of sp³-hybridized carbons (Fsp3) is 0.929. The molecule has 1 saturated carbocycles. The average Bonchev–Trinajstić information content (AvgIpc) is 2.99. The van der Waals surface area contributed by atoms with Crippen LogP contribution in [0.4, 0.5) is 0 Å². The van der Waals surface area contributed by atoms with Gasteiger partial charge in [-0.05, 0) is 31.6 Å². The maximum Gasteiger partial charge on any atom is 0.225 e. The fourth-order valence-corrected chi connectivity index (χ4v) is 3.36. The summed E-state index contributed by atoms with van der Waals surface area (Å²) in [5, 5.41) is 0. The highest BCUT2D eigenvalue weighted by molar-refractivity contribution is 5.78.